The first kappa shape index (κ1) is 19.2. The fourth-order valence-electron chi connectivity index (χ4n) is 3.30. The fraction of sp³-hybridized carbons (Fsp3) is 0.217. The van der Waals surface area contributed by atoms with Gasteiger partial charge in [-0.25, -0.2) is 9.97 Å². The van der Waals surface area contributed by atoms with Gasteiger partial charge in [0.1, 0.15) is 11.6 Å². The van der Waals surface area contributed by atoms with Crippen molar-refractivity contribution in [1.82, 2.24) is 9.97 Å². The SMILES string of the molecule is COc1cc2nc(C)nc(NC(C)c3ccc(-c4ccccc4)s3)c2cc1OC. The Morgan fingerprint density at radius 1 is 0.931 bits per heavy atom. The summed E-state index contributed by atoms with van der Waals surface area (Å²) in [6.07, 6.45) is 0. The Balaban J connectivity index is 1.67. The lowest BCUT2D eigenvalue weighted by atomic mass is 10.1. The van der Waals surface area contributed by atoms with E-state index in [0.717, 1.165) is 16.7 Å². The van der Waals surface area contributed by atoms with Crippen LogP contribution in [0.25, 0.3) is 21.3 Å². The highest BCUT2D eigenvalue weighted by atomic mass is 32.1. The lowest BCUT2D eigenvalue weighted by Crippen LogP contribution is -2.08. The number of rotatable bonds is 6. The molecule has 4 rings (SSSR count). The Bertz CT molecular complexity index is 1140. The predicted molar refractivity (Wildman–Crippen MR) is 119 cm³/mol. The van der Waals surface area contributed by atoms with Crippen molar-refractivity contribution in [2.75, 3.05) is 19.5 Å². The third-order valence-corrected chi connectivity index (χ3v) is 6.09. The Morgan fingerprint density at radius 2 is 1.66 bits per heavy atom. The third-order valence-electron chi connectivity index (χ3n) is 4.78. The second-order valence-electron chi connectivity index (χ2n) is 6.78. The van der Waals surface area contributed by atoms with E-state index in [1.165, 1.54) is 15.3 Å². The number of benzene rings is 2. The van der Waals surface area contributed by atoms with Crippen molar-refractivity contribution < 1.29 is 9.47 Å². The predicted octanol–water partition coefficient (Wildman–Crippen LogP) is 5.86. The van der Waals surface area contributed by atoms with E-state index in [1.54, 1.807) is 25.6 Å². The van der Waals surface area contributed by atoms with E-state index in [0.29, 0.717) is 17.3 Å². The van der Waals surface area contributed by atoms with E-state index in [2.05, 4.69) is 58.6 Å². The lowest BCUT2D eigenvalue weighted by Gasteiger charge is -2.16. The summed E-state index contributed by atoms with van der Waals surface area (Å²) < 4.78 is 10.9. The standard InChI is InChI=1S/C23H23N3O2S/c1-14(21-10-11-22(29-21)16-8-6-5-7-9-16)24-23-17-12-19(27-3)20(28-4)13-18(17)25-15(2)26-23/h5-14H,1-4H3,(H,24,25,26). The Hall–Kier alpha value is -3.12. The van der Waals surface area contributed by atoms with Gasteiger partial charge in [-0.05, 0) is 37.6 Å². The molecule has 0 spiro atoms. The molecule has 1 atom stereocenters. The third kappa shape index (κ3) is 3.89. The minimum absolute atomic E-state index is 0.100. The smallest absolute Gasteiger partial charge is 0.162 e. The molecule has 0 amide bonds. The molecule has 0 bridgehead atoms. The van der Waals surface area contributed by atoms with E-state index >= 15 is 0 Å². The van der Waals surface area contributed by atoms with Crippen molar-refractivity contribution in [2.45, 2.75) is 19.9 Å². The summed E-state index contributed by atoms with van der Waals surface area (Å²) in [6.45, 7) is 4.04. The average Bonchev–Trinajstić information content (AvgIpc) is 3.24. The van der Waals surface area contributed by atoms with Crippen LogP contribution < -0.4 is 14.8 Å². The van der Waals surface area contributed by atoms with E-state index in [-0.39, 0.29) is 6.04 Å². The summed E-state index contributed by atoms with van der Waals surface area (Å²) in [5.74, 6) is 2.81. The number of aromatic nitrogens is 2. The van der Waals surface area contributed by atoms with Crippen molar-refractivity contribution >= 4 is 28.1 Å². The van der Waals surface area contributed by atoms with Crippen LogP contribution >= 0.6 is 11.3 Å². The van der Waals surface area contributed by atoms with E-state index in [1.807, 2.05) is 25.1 Å². The average molecular weight is 406 g/mol. The number of nitrogens with one attached hydrogen (secondary N) is 1. The highest BCUT2D eigenvalue weighted by Gasteiger charge is 2.16. The number of anilines is 1. The molecule has 4 aromatic rings. The molecule has 5 nitrogen and oxygen atoms in total. The van der Waals surface area contributed by atoms with E-state index in [9.17, 15) is 0 Å². The zero-order valence-electron chi connectivity index (χ0n) is 16.9. The highest BCUT2D eigenvalue weighted by Crippen LogP contribution is 2.36. The number of thiophene rings is 1. The van der Waals surface area contributed by atoms with Crippen LogP contribution in [0.1, 0.15) is 23.7 Å². The van der Waals surface area contributed by atoms with Crippen LogP contribution in [0.2, 0.25) is 0 Å². The minimum Gasteiger partial charge on any atom is -0.493 e. The Kier molecular flexibility index (Phi) is 5.36. The number of hydrogen-bond donors (Lipinski definition) is 1. The second kappa shape index (κ2) is 8.09. The van der Waals surface area contributed by atoms with Crippen LogP contribution in [0, 0.1) is 6.92 Å². The summed E-state index contributed by atoms with van der Waals surface area (Å²) in [6, 6.07) is 18.7. The molecule has 2 heterocycles. The molecule has 0 aliphatic rings. The molecule has 0 aliphatic heterocycles. The van der Waals surface area contributed by atoms with Gasteiger partial charge in [-0.1, -0.05) is 30.3 Å². The summed E-state index contributed by atoms with van der Waals surface area (Å²) in [7, 11) is 3.26. The maximum atomic E-state index is 5.47. The first-order chi connectivity index (χ1) is 14.1. The summed E-state index contributed by atoms with van der Waals surface area (Å²) >= 11 is 1.79. The van der Waals surface area contributed by atoms with Gasteiger partial charge in [0.05, 0.1) is 25.8 Å². The molecule has 0 radical (unpaired) electrons. The zero-order chi connectivity index (χ0) is 20.4. The van der Waals surface area contributed by atoms with Crippen LogP contribution in [0.4, 0.5) is 5.82 Å². The van der Waals surface area contributed by atoms with Crippen molar-refractivity contribution in [3.8, 4) is 21.9 Å². The first-order valence-corrected chi connectivity index (χ1v) is 10.2. The number of methoxy groups -OCH3 is 2. The van der Waals surface area contributed by atoms with Gasteiger partial charge >= 0.3 is 0 Å². The van der Waals surface area contributed by atoms with Crippen LogP contribution in [0.3, 0.4) is 0 Å². The van der Waals surface area contributed by atoms with Gasteiger partial charge in [0.15, 0.2) is 11.5 Å². The van der Waals surface area contributed by atoms with Crippen LogP contribution in [-0.4, -0.2) is 24.2 Å². The van der Waals surface area contributed by atoms with Crippen molar-refractivity contribution in [3.05, 3.63) is 65.3 Å². The molecule has 29 heavy (non-hydrogen) atoms. The van der Waals surface area contributed by atoms with Gasteiger partial charge in [-0.3, -0.25) is 0 Å². The number of hydrogen-bond acceptors (Lipinski definition) is 6. The van der Waals surface area contributed by atoms with Crippen molar-refractivity contribution in [3.63, 3.8) is 0 Å². The molecular weight excluding hydrogens is 382 g/mol. The van der Waals surface area contributed by atoms with E-state index in [4.69, 9.17) is 9.47 Å². The highest BCUT2D eigenvalue weighted by molar-refractivity contribution is 7.15. The fourth-order valence-corrected chi connectivity index (χ4v) is 4.32. The van der Waals surface area contributed by atoms with Crippen LogP contribution in [0.15, 0.2) is 54.6 Å². The Labute approximate surface area is 174 Å². The molecule has 0 fully saturated rings. The summed E-state index contributed by atoms with van der Waals surface area (Å²) in [5, 5.41) is 4.46. The number of aryl methyl sites for hydroxylation is 1. The largest absolute Gasteiger partial charge is 0.493 e. The summed E-state index contributed by atoms with van der Waals surface area (Å²) in [5.41, 5.74) is 2.05. The lowest BCUT2D eigenvalue weighted by molar-refractivity contribution is 0.356. The minimum atomic E-state index is 0.100. The molecule has 2 aromatic carbocycles. The monoisotopic (exact) mass is 405 g/mol. The van der Waals surface area contributed by atoms with Gasteiger partial charge in [0.2, 0.25) is 0 Å². The normalized spacial score (nSPS) is 12.0. The summed E-state index contributed by atoms with van der Waals surface area (Å²) in [4.78, 5) is 11.7. The Morgan fingerprint density at radius 3 is 2.38 bits per heavy atom. The quantitative estimate of drug-likeness (QED) is 0.436. The molecule has 0 aliphatic carbocycles. The maximum Gasteiger partial charge on any atom is 0.162 e. The van der Waals surface area contributed by atoms with Crippen molar-refractivity contribution in [2.24, 2.45) is 0 Å². The van der Waals surface area contributed by atoms with Gasteiger partial charge in [0.25, 0.3) is 0 Å². The van der Waals surface area contributed by atoms with E-state index < -0.39 is 0 Å². The first-order valence-electron chi connectivity index (χ1n) is 9.41. The van der Waals surface area contributed by atoms with Gasteiger partial charge in [-0.15, -0.1) is 11.3 Å². The second-order valence-corrected chi connectivity index (χ2v) is 7.89. The molecule has 6 heteroatoms. The maximum absolute atomic E-state index is 5.47. The van der Waals surface area contributed by atoms with Crippen molar-refractivity contribution in [1.29, 1.82) is 0 Å². The van der Waals surface area contributed by atoms with Crippen LogP contribution in [-0.2, 0) is 0 Å². The molecule has 1 N–H and O–H groups in total. The van der Waals surface area contributed by atoms with Crippen LogP contribution in [0.5, 0.6) is 11.5 Å². The number of ether oxygens (including phenoxy) is 2. The topological polar surface area (TPSA) is 56.3 Å². The molecule has 0 saturated carbocycles. The molecule has 148 valence electrons. The number of nitrogens with zero attached hydrogens (tertiary/aromatic N) is 2. The molecule has 0 saturated heterocycles. The van der Waals surface area contributed by atoms with Gasteiger partial charge in [0, 0.05) is 21.2 Å². The molecular formula is C23H23N3O2S. The zero-order valence-corrected chi connectivity index (χ0v) is 17.7. The molecule has 2 aromatic heterocycles. The number of fused-ring (bicyclic) bond motifs is 1. The van der Waals surface area contributed by atoms with Gasteiger partial charge < -0.3 is 14.8 Å². The molecule has 1 unspecified atom stereocenters. The van der Waals surface area contributed by atoms with Gasteiger partial charge in [-0.2, -0.15) is 0 Å².